The highest BCUT2D eigenvalue weighted by Gasteiger charge is 2.19. The van der Waals surface area contributed by atoms with E-state index < -0.39 is 9.84 Å². The molecule has 1 atom stereocenters. The van der Waals surface area contributed by atoms with E-state index in [0.717, 1.165) is 18.4 Å². The zero-order valence-corrected chi connectivity index (χ0v) is 11.5. The first-order valence-electron chi connectivity index (χ1n) is 5.96. The number of rotatable bonds is 6. The van der Waals surface area contributed by atoms with Gasteiger partial charge in [0.1, 0.15) is 0 Å². The van der Waals surface area contributed by atoms with E-state index in [1.165, 1.54) is 0 Å². The second kappa shape index (κ2) is 6.17. The molecule has 0 aliphatic rings. The maximum absolute atomic E-state index is 12.1. The molecule has 17 heavy (non-hydrogen) atoms. The highest BCUT2D eigenvalue weighted by molar-refractivity contribution is 7.91. The van der Waals surface area contributed by atoms with Crippen LogP contribution in [0.25, 0.3) is 0 Å². The average molecular weight is 255 g/mol. The fourth-order valence-corrected chi connectivity index (χ4v) is 3.37. The van der Waals surface area contributed by atoms with Crippen LogP contribution in [0.1, 0.15) is 25.3 Å². The molecule has 1 rings (SSSR count). The van der Waals surface area contributed by atoms with Crippen molar-refractivity contribution in [2.75, 3.05) is 12.8 Å². The molecule has 0 bridgehead atoms. The van der Waals surface area contributed by atoms with Gasteiger partial charge < -0.3 is 5.32 Å². The summed E-state index contributed by atoms with van der Waals surface area (Å²) < 4.78 is 24.3. The Kier molecular flexibility index (Phi) is 5.15. The molecule has 0 radical (unpaired) electrons. The van der Waals surface area contributed by atoms with Gasteiger partial charge >= 0.3 is 0 Å². The quantitative estimate of drug-likeness (QED) is 0.847. The Morgan fingerprint density at radius 3 is 2.29 bits per heavy atom. The molecule has 4 heteroatoms. The van der Waals surface area contributed by atoms with Crippen LogP contribution < -0.4 is 5.32 Å². The van der Waals surface area contributed by atoms with Crippen molar-refractivity contribution in [3.8, 4) is 0 Å². The van der Waals surface area contributed by atoms with Crippen molar-refractivity contribution < 1.29 is 8.42 Å². The minimum absolute atomic E-state index is 0.0336. The number of aryl methyl sites for hydroxylation is 1. The maximum Gasteiger partial charge on any atom is 0.179 e. The molecule has 0 aliphatic heterocycles. The zero-order valence-electron chi connectivity index (χ0n) is 10.7. The lowest BCUT2D eigenvalue weighted by molar-refractivity contribution is 0.536. The summed E-state index contributed by atoms with van der Waals surface area (Å²) in [7, 11) is -1.36. The van der Waals surface area contributed by atoms with Crippen LogP contribution in [0, 0.1) is 6.92 Å². The van der Waals surface area contributed by atoms with Crippen molar-refractivity contribution >= 4 is 9.84 Å². The fraction of sp³-hybridized carbons (Fsp3) is 0.538. The molecule has 0 saturated carbocycles. The minimum atomic E-state index is -3.17. The second-order valence-electron chi connectivity index (χ2n) is 4.37. The summed E-state index contributed by atoms with van der Waals surface area (Å²) in [5, 5.41) is 3.06. The van der Waals surface area contributed by atoms with E-state index in [2.05, 4.69) is 12.2 Å². The smallest absolute Gasteiger partial charge is 0.179 e. The highest BCUT2D eigenvalue weighted by atomic mass is 32.2. The topological polar surface area (TPSA) is 46.2 Å². The lowest BCUT2D eigenvalue weighted by Crippen LogP contribution is -2.32. The Morgan fingerprint density at radius 2 is 1.82 bits per heavy atom. The molecule has 1 aromatic carbocycles. The summed E-state index contributed by atoms with van der Waals surface area (Å²) in [6.45, 7) is 4.01. The van der Waals surface area contributed by atoms with Gasteiger partial charge in [0.05, 0.1) is 10.6 Å². The monoisotopic (exact) mass is 255 g/mol. The van der Waals surface area contributed by atoms with Gasteiger partial charge in [-0.05, 0) is 32.5 Å². The summed E-state index contributed by atoms with van der Waals surface area (Å²) in [5.74, 6) is 0.167. The van der Waals surface area contributed by atoms with Crippen LogP contribution in [0.4, 0.5) is 0 Å². The Morgan fingerprint density at radius 1 is 1.24 bits per heavy atom. The average Bonchev–Trinajstić information content (AvgIpc) is 2.28. The molecule has 0 saturated heterocycles. The number of sulfone groups is 1. The number of nitrogens with one attached hydrogen (secondary N) is 1. The predicted molar refractivity (Wildman–Crippen MR) is 71.0 cm³/mol. The summed E-state index contributed by atoms with van der Waals surface area (Å²) in [6.07, 6.45) is 1.86. The van der Waals surface area contributed by atoms with E-state index in [0.29, 0.717) is 4.90 Å². The third-order valence-corrected chi connectivity index (χ3v) is 4.68. The van der Waals surface area contributed by atoms with E-state index in [-0.39, 0.29) is 11.8 Å². The molecule has 0 aromatic heterocycles. The van der Waals surface area contributed by atoms with E-state index in [1.54, 1.807) is 12.1 Å². The number of hydrogen-bond donors (Lipinski definition) is 1. The summed E-state index contributed by atoms with van der Waals surface area (Å²) in [4.78, 5) is 0.416. The standard InChI is InChI=1S/C13H21NO2S/c1-4-5-12(14-3)10-17(15,16)13-8-6-11(2)7-9-13/h6-9,12,14H,4-5,10H2,1-3H3. The molecule has 1 N–H and O–H groups in total. The Bertz CT molecular complexity index is 437. The number of hydrogen-bond acceptors (Lipinski definition) is 3. The molecule has 0 spiro atoms. The van der Waals surface area contributed by atoms with Gasteiger partial charge in [-0.2, -0.15) is 0 Å². The minimum Gasteiger partial charge on any atom is -0.316 e. The van der Waals surface area contributed by atoms with Gasteiger partial charge in [-0.15, -0.1) is 0 Å². The summed E-state index contributed by atoms with van der Waals surface area (Å²) in [6, 6.07) is 7.07. The maximum atomic E-state index is 12.1. The number of benzene rings is 1. The van der Waals surface area contributed by atoms with Crippen LogP contribution in [0.15, 0.2) is 29.2 Å². The summed E-state index contributed by atoms with van der Waals surface area (Å²) >= 11 is 0. The van der Waals surface area contributed by atoms with Crippen molar-refractivity contribution in [1.29, 1.82) is 0 Å². The molecule has 0 fully saturated rings. The molecular formula is C13H21NO2S. The molecule has 96 valence electrons. The van der Waals surface area contributed by atoms with Gasteiger partial charge in [-0.25, -0.2) is 8.42 Å². The highest BCUT2D eigenvalue weighted by Crippen LogP contribution is 2.14. The zero-order chi connectivity index (χ0) is 12.9. The van der Waals surface area contributed by atoms with Gasteiger partial charge in [-0.1, -0.05) is 31.0 Å². The van der Waals surface area contributed by atoms with Crippen molar-refractivity contribution in [2.45, 2.75) is 37.6 Å². The predicted octanol–water partition coefficient (Wildman–Crippen LogP) is 2.16. The van der Waals surface area contributed by atoms with Crippen LogP contribution in [0.2, 0.25) is 0 Å². The van der Waals surface area contributed by atoms with Crippen molar-refractivity contribution in [3.63, 3.8) is 0 Å². The Labute approximate surface area is 104 Å². The molecule has 1 aromatic rings. The normalized spacial score (nSPS) is 13.6. The molecular weight excluding hydrogens is 234 g/mol. The molecule has 0 heterocycles. The van der Waals surface area contributed by atoms with Gasteiger partial charge in [-0.3, -0.25) is 0 Å². The Balaban J connectivity index is 2.84. The first kappa shape index (κ1) is 14.2. The van der Waals surface area contributed by atoms with Crippen LogP contribution in [0.5, 0.6) is 0 Å². The van der Waals surface area contributed by atoms with Crippen LogP contribution in [-0.4, -0.2) is 27.3 Å². The first-order chi connectivity index (χ1) is 7.99. The van der Waals surface area contributed by atoms with E-state index in [1.807, 2.05) is 26.1 Å². The van der Waals surface area contributed by atoms with Crippen LogP contribution in [0.3, 0.4) is 0 Å². The molecule has 0 aliphatic carbocycles. The molecule has 1 unspecified atom stereocenters. The van der Waals surface area contributed by atoms with Crippen LogP contribution >= 0.6 is 0 Å². The van der Waals surface area contributed by atoms with Crippen molar-refractivity contribution in [2.24, 2.45) is 0 Å². The third kappa shape index (κ3) is 4.13. The Hall–Kier alpha value is -0.870. The van der Waals surface area contributed by atoms with E-state index in [4.69, 9.17) is 0 Å². The molecule has 0 amide bonds. The largest absolute Gasteiger partial charge is 0.316 e. The van der Waals surface area contributed by atoms with Gasteiger partial charge in [0.15, 0.2) is 9.84 Å². The lowest BCUT2D eigenvalue weighted by atomic mass is 10.2. The van der Waals surface area contributed by atoms with E-state index in [9.17, 15) is 8.42 Å². The van der Waals surface area contributed by atoms with Gasteiger partial charge in [0.25, 0.3) is 0 Å². The fourth-order valence-electron chi connectivity index (χ4n) is 1.77. The van der Waals surface area contributed by atoms with Gasteiger partial charge in [0.2, 0.25) is 0 Å². The van der Waals surface area contributed by atoms with Gasteiger partial charge in [0, 0.05) is 6.04 Å². The lowest BCUT2D eigenvalue weighted by Gasteiger charge is -2.15. The van der Waals surface area contributed by atoms with E-state index >= 15 is 0 Å². The van der Waals surface area contributed by atoms with Crippen LogP contribution in [-0.2, 0) is 9.84 Å². The third-order valence-electron chi connectivity index (χ3n) is 2.85. The molecule has 3 nitrogen and oxygen atoms in total. The van der Waals surface area contributed by atoms with Crippen molar-refractivity contribution in [1.82, 2.24) is 5.32 Å². The first-order valence-corrected chi connectivity index (χ1v) is 7.61. The summed E-state index contributed by atoms with van der Waals surface area (Å²) in [5.41, 5.74) is 1.07. The SMILES string of the molecule is CCCC(CS(=O)(=O)c1ccc(C)cc1)NC. The second-order valence-corrected chi connectivity index (χ2v) is 6.40. The van der Waals surface area contributed by atoms with Crippen molar-refractivity contribution in [3.05, 3.63) is 29.8 Å².